The first-order valence-electron chi connectivity index (χ1n) is 10.0. The molecule has 1 amide bonds. The van der Waals surface area contributed by atoms with Crippen molar-refractivity contribution in [3.8, 4) is 11.5 Å². The van der Waals surface area contributed by atoms with Gasteiger partial charge in [-0.1, -0.05) is 11.6 Å². The number of carbonyl (C=O) groups excluding carboxylic acids is 2. The van der Waals surface area contributed by atoms with Crippen LogP contribution in [0.3, 0.4) is 0 Å². The van der Waals surface area contributed by atoms with Crippen LogP contribution in [-0.4, -0.2) is 37.7 Å². The van der Waals surface area contributed by atoms with Crippen molar-refractivity contribution in [3.63, 3.8) is 0 Å². The van der Waals surface area contributed by atoms with Crippen LogP contribution < -0.4 is 20.4 Å². The zero-order chi connectivity index (χ0) is 22.5. The maximum atomic E-state index is 12.4. The monoisotopic (exact) mass is 457 g/mol. The van der Waals surface area contributed by atoms with E-state index in [0.717, 1.165) is 12.8 Å². The number of rotatable bonds is 7. The fourth-order valence-corrected chi connectivity index (χ4v) is 3.38. The fraction of sp³-hybridized carbons (Fsp3) is 0.261. The van der Waals surface area contributed by atoms with E-state index in [1.807, 2.05) is 0 Å². The first kappa shape index (κ1) is 21.9. The average molecular weight is 458 g/mol. The summed E-state index contributed by atoms with van der Waals surface area (Å²) in [6.45, 7) is 0.704. The number of nitrogens with one attached hydrogen (secondary N) is 1. The highest BCUT2D eigenvalue weighted by Crippen LogP contribution is 2.21. The van der Waals surface area contributed by atoms with E-state index in [4.69, 9.17) is 30.2 Å². The van der Waals surface area contributed by atoms with Crippen molar-refractivity contribution in [1.29, 1.82) is 0 Å². The molecule has 166 valence electrons. The Balaban J connectivity index is 1.39. The molecule has 9 heteroatoms. The minimum atomic E-state index is -0.781. The summed E-state index contributed by atoms with van der Waals surface area (Å²) < 4.78 is 21.3. The smallest absolute Gasteiger partial charge is 0.349 e. The van der Waals surface area contributed by atoms with Gasteiger partial charge in [-0.3, -0.25) is 4.79 Å². The molecule has 4 rings (SSSR count). The Morgan fingerprint density at radius 3 is 2.62 bits per heavy atom. The Labute approximate surface area is 188 Å². The lowest BCUT2D eigenvalue weighted by Crippen LogP contribution is -2.34. The molecule has 0 saturated carbocycles. The topological polar surface area (TPSA) is 104 Å². The normalized spacial score (nSPS) is 15.5. The van der Waals surface area contributed by atoms with Gasteiger partial charge in [0.25, 0.3) is 5.91 Å². The molecule has 0 radical (unpaired) electrons. The number of esters is 1. The van der Waals surface area contributed by atoms with E-state index < -0.39 is 17.5 Å². The van der Waals surface area contributed by atoms with Crippen LogP contribution in [0.1, 0.15) is 23.2 Å². The molecule has 3 aromatic rings. The van der Waals surface area contributed by atoms with Crippen molar-refractivity contribution in [2.75, 3.05) is 19.8 Å². The van der Waals surface area contributed by atoms with E-state index in [1.54, 1.807) is 30.3 Å². The van der Waals surface area contributed by atoms with Gasteiger partial charge >= 0.3 is 11.6 Å². The van der Waals surface area contributed by atoms with Gasteiger partial charge in [-0.15, -0.1) is 0 Å². The Morgan fingerprint density at radius 1 is 1.09 bits per heavy atom. The highest BCUT2D eigenvalue weighted by Gasteiger charge is 2.19. The number of amides is 1. The van der Waals surface area contributed by atoms with Crippen molar-refractivity contribution in [2.24, 2.45) is 0 Å². The second-order valence-electron chi connectivity index (χ2n) is 7.21. The molecule has 0 spiro atoms. The predicted molar refractivity (Wildman–Crippen MR) is 116 cm³/mol. The van der Waals surface area contributed by atoms with Gasteiger partial charge in [0.15, 0.2) is 6.61 Å². The lowest BCUT2D eigenvalue weighted by Gasteiger charge is -2.10. The minimum Gasteiger partial charge on any atom is -0.482 e. The number of hydrogen-bond acceptors (Lipinski definition) is 7. The van der Waals surface area contributed by atoms with Crippen molar-refractivity contribution in [1.82, 2.24) is 5.32 Å². The molecule has 8 nitrogen and oxygen atoms in total. The molecule has 1 atom stereocenters. The molecule has 1 aliphatic heterocycles. The Hall–Kier alpha value is -3.36. The average Bonchev–Trinajstić information content (AvgIpc) is 3.30. The largest absolute Gasteiger partial charge is 0.482 e. The van der Waals surface area contributed by atoms with Crippen LogP contribution in [0.5, 0.6) is 11.5 Å². The Kier molecular flexibility index (Phi) is 6.72. The maximum absolute atomic E-state index is 12.4. The van der Waals surface area contributed by atoms with Crippen LogP contribution in [0.4, 0.5) is 0 Å². The van der Waals surface area contributed by atoms with E-state index >= 15 is 0 Å². The molecule has 2 aromatic carbocycles. The van der Waals surface area contributed by atoms with Gasteiger partial charge in [0.1, 0.15) is 22.6 Å². The second-order valence-corrected chi connectivity index (χ2v) is 7.65. The van der Waals surface area contributed by atoms with Gasteiger partial charge in [0, 0.05) is 29.6 Å². The van der Waals surface area contributed by atoms with Crippen molar-refractivity contribution in [3.05, 3.63) is 69.5 Å². The summed E-state index contributed by atoms with van der Waals surface area (Å²) in [4.78, 5) is 36.7. The predicted octanol–water partition coefficient (Wildman–Crippen LogP) is 3.34. The molecule has 1 N–H and O–H groups in total. The van der Waals surface area contributed by atoms with Crippen LogP contribution in [0.25, 0.3) is 11.0 Å². The summed E-state index contributed by atoms with van der Waals surface area (Å²) in [5, 5.41) is 3.77. The van der Waals surface area contributed by atoms with Gasteiger partial charge in [0.2, 0.25) is 0 Å². The molecule has 1 aliphatic rings. The lowest BCUT2D eigenvalue weighted by atomic mass is 10.1. The third-order valence-corrected chi connectivity index (χ3v) is 5.12. The molecule has 0 aliphatic carbocycles. The standard InChI is InChI=1S/C23H20ClNO7/c24-15-4-7-16(8-5-15)30-13-21(26)31-17-6-3-14-10-19(23(28)32-20(14)11-17)22(27)25-12-18-2-1-9-29-18/h3-8,10-11,18H,1-2,9,12-13H2,(H,25,27). The van der Waals surface area contributed by atoms with Crippen molar-refractivity contribution in [2.45, 2.75) is 18.9 Å². The van der Waals surface area contributed by atoms with Crippen LogP contribution in [0, 0.1) is 0 Å². The number of hydrogen-bond donors (Lipinski definition) is 1. The van der Waals surface area contributed by atoms with Crippen molar-refractivity contribution >= 4 is 34.4 Å². The van der Waals surface area contributed by atoms with Gasteiger partial charge in [-0.2, -0.15) is 0 Å². The number of halogens is 1. The number of benzene rings is 2. The molecule has 1 unspecified atom stereocenters. The van der Waals surface area contributed by atoms with Gasteiger partial charge < -0.3 is 23.9 Å². The first-order valence-corrected chi connectivity index (χ1v) is 10.4. The van der Waals surface area contributed by atoms with Crippen LogP contribution in [0.2, 0.25) is 5.02 Å². The maximum Gasteiger partial charge on any atom is 0.349 e. The molecule has 32 heavy (non-hydrogen) atoms. The van der Waals surface area contributed by atoms with E-state index in [-0.39, 0.29) is 29.6 Å². The second kappa shape index (κ2) is 9.84. The number of fused-ring (bicyclic) bond motifs is 1. The van der Waals surface area contributed by atoms with E-state index in [2.05, 4.69) is 5.32 Å². The SMILES string of the molecule is O=C(COc1ccc(Cl)cc1)Oc1ccc2cc(C(=O)NCC3CCCO3)c(=O)oc2c1. The summed E-state index contributed by atoms with van der Waals surface area (Å²) >= 11 is 5.80. The molecular formula is C23H20ClNO7. The van der Waals surface area contributed by atoms with Crippen LogP contribution >= 0.6 is 11.6 Å². The number of ether oxygens (including phenoxy) is 3. The van der Waals surface area contributed by atoms with Crippen molar-refractivity contribution < 1.29 is 28.2 Å². The Morgan fingerprint density at radius 2 is 1.88 bits per heavy atom. The summed E-state index contributed by atoms with van der Waals surface area (Å²) in [7, 11) is 0. The summed E-state index contributed by atoms with van der Waals surface area (Å²) in [5.41, 5.74) is -0.692. The third kappa shape index (κ3) is 5.46. The zero-order valence-electron chi connectivity index (χ0n) is 17.0. The fourth-order valence-electron chi connectivity index (χ4n) is 3.25. The quantitative estimate of drug-likeness (QED) is 0.329. The molecule has 1 aromatic heterocycles. The third-order valence-electron chi connectivity index (χ3n) is 4.87. The van der Waals surface area contributed by atoms with Crippen LogP contribution in [0.15, 0.2) is 57.7 Å². The van der Waals surface area contributed by atoms with E-state index in [0.29, 0.717) is 29.3 Å². The highest BCUT2D eigenvalue weighted by molar-refractivity contribution is 6.30. The summed E-state index contributed by atoms with van der Waals surface area (Å²) in [6, 6.07) is 12.5. The summed E-state index contributed by atoms with van der Waals surface area (Å²) in [5.74, 6) is -0.500. The molecule has 1 saturated heterocycles. The van der Waals surface area contributed by atoms with E-state index in [1.165, 1.54) is 18.2 Å². The Bertz CT molecular complexity index is 1180. The highest BCUT2D eigenvalue weighted by atomic mass is 35.5. The zero-order valence-corrected chi connectivity index (χ0v) is 17.7. The minimum absolute atomic E-state index is 0.0348. The summed E-state index contributed by atoms with van der Waals surface area (Å²) in [6.07, 6.45) is 1.80. The first-order chi connectivity index (χ1) is 15.5. The number of carbonyl (C=O) groups is 2. The van der Waals surface area contributed by atoms with Crippen LogP contribution in [-0.2, 0) is 9.53 Å². The molecule has 0 bridgehead atoms. The molecule has 1 fully saturated rings. The molecule has 2 heterocycles. The van der Waals surface area contributed by atoms with Gasteiger partial charge in [0.05, 0.1) is 6.10 Å². The molecular weight excluding hydrogens is 438 g/mol. The van der Waals surface area contributed by atoms with E-state index in [9.17, 15) is 14.4 Å². The lowest BCUT2D eigenvalue weighted by molar-refractivity contribution is -0.136. The van der Waals surface area contributed by atoms with Gasteiger partial charge in [-0.25, -0.2) is 9.59 Å². The van der Waals surface area contributed by atoms with Gasteiger partial charge in [-0.05, 0) is 55.3 Å².